The molecule has 0 saturated heterocycles. The lowest BCUT2D eigenvalue weighted by atomic mass is 10.0. The van der Waals surface area contributed by atoms with Crippen LogP contribution in [0.25, 0.3) is 11.3 Å². The smallest absolute Gasteiger partial charge is 0.196 e. The second kappa shape index (κ2) is 9.03. The predicted octanol–water partition coefficient (Wildman–Crippen LogP) is 7.15. The topological polar surface area (TPSA) is 39.2 Å². The van der Waals surface area contributed by atoms with E-state index in [0.29, 0.717) is 23.5 Å². The van der Waals surface area contributed by atoms with Gasteiger partial charge in [0.2, 0.25) is 0 Å². The predicted molar refractivity (Wildman–Crippen MR) is 124 cm³/mol. The molecule has 0 fully saturated rings. The molecule has 0 radical (unpaired) electrons. The lowest BCUT2D eigenvalue weighted by Gasteiger charge is -2.10. The molecular formula is C23H15Br2NO2S. The molecule has 0 aliphatic rings. The van der Waals surface area contributed by atoms with E-state index in [1.165, 1.54) is 11.3 Å². The number of benzene rings is 3. The van der Waals surface area contributed by atoms with Gasteiger partial charge in [-0.2, -0.15) is 0 Å². The lowest BCUT2D eigenvalue weighted by molar-refractivity contribution is 0.103. The SMILES string of the molecule is O=C(c1ccccc1)c1cc(Br)ccc1OCc1nc(-c2ccc(Br)cc2)cs1. The van der Waals surface area contributed by atoms with E-state index in [1.807, 2.05) is 60.0 Å². The molecular weight excluding hydrogens is 514 g/mol. The van der Waals surface area contributed by atoms with Crippen molar-refractivity contribution in [1.29, 1.82) is 0 Å². The van der Waals surface area contributed by atoms with E-state index in [-0.39, 0.29) is 5.78 Å². The van der Waals surface area contributed by atoms with E-state index in [0.717, 1.165) is 25.2 Å². The molecule has 0 atom stereocenters. The third kappa shape index (κ3) is 4.83. The van der Waals surface area contributed by atoms with Crippen molar-refractivity contribution in [3.8, 4) is 17.0 Å². The Bertz CT molecular complexity index is 1140. The van der Waals surface area contributed by atoms with Crippen LogP contribution in [0.4, 0.5) is 0 Å². The lowest BCUT2D eigenvalue weighted by Crippen LogP contribution is -2.06. The van der Waals surface area contributed by atoms with Gasteiger partial charge in [0.25, 0.3) is 0 Å². The number of hydrogen-bond acceptors (Lipinski definition) is 4. The number of aromatic nitrogens is 1. The summed E-state index contributed by atoms with van der Waals surface area (Å²) >= 11 is 8.43. The summed E-state index contributed by atoms with van der Waals surface area (Å²) < 4.78 is 7.85. The van der Waals surface area contributed by atoms with Gasteiger partial charge in [0.05, 0.1) is 11.3 Å². The molecule has 0 amide bonds. The first kappa shape index (κ1) is 20.0. The Morgan fingerprint density at radius 3 is 2.41 bits per heavy atom. The first-order valence-electron chi connectivity index (χ1n) is 8.82. The zero-order valence-corrected chi connectivity index (χ0v) is 19.1. The summed E-state index contributed by atoms with van der Waals surface area (Å²) in [4.78, 5) is 17.6. The molecule has 0 aliphatic carbocycles. The van der Waals surface area contributed by atoms with E-state index in [4.69, 9.17) is 4.74 Å². The number of carbonyl (C=O) groups is 1. The van der Waals surface area contributed by atoms with Crippen molar-refractivity contribution in [2.24, 2.45) is 0 Å². The summed E-state index contributed by atoms with van der Waals surface area (Å²) in [5.41, 5.74) is 3.12. The number of halogens is 2. The summed E-state index contributed by atoms with van der Waals surface area (Å²) in [7, 11) is 0. The summed E-state index contributed by atoms with van der Waals surface area (Å²) in [6.07, 6.45) is 0. The Labute approximate surface area is 189 Å². The minimum absolute atomic E-state index is 0.0726. The molecule has 0 N–H and O–H groups in total. The fourth-order valence-electron chi connectivity index (χ4n) is 2.82. The molecule has 1 heterocycles. The van der Waals surface area contributed by atoms with E-state index < -0.39 is 0 Å². The van der Waals surface area contributed by atoms with Gasteiger partial charge in [-0.1, -0.05) is 74.3 Å². The molecule has 3 aromatic carbocycles. The highest BCUT2D eigenvalue weighted by atomic mass is 79.9. The van der Waals surface area contributed by atoms with E-state index in [2.05, 4.69) is 36.8 Å². The fraction of sp³-hybridized carbons (Fsp3) is 0.0435. The maximum absolute atomic E-state index is 12.9. The van der Waals surface area contributed by atoms with Crippen molar-refractivity contribution in [3.05, 3.63) is 103 Å². The van der Waals surface area contributed by atoms with Gasteiger partial charge in [-0.3, -0.25) is 4.79 Å². The maximum Gasteiger partial charge on any atom is 0.196 e. The van der Waals surface area contributed by atoms with Crippen molar-refractivity contribution in [2.45, 2.75) is 6.61 Å². The Hall–Kier alpha value is -2.28. The minimum atomic E-state index is -0.0726. The number of thiazole rings is 1. The minimum Gasteiger partial charge on any atom is -0.486 e. The number of rotatable bonds is 6. The molecule has 0 saturated carbocycles. The van der Waals surface area contributed by atoms with Crippen LogP contribution in [0.3, 0.4) is 0 Å². The average molecular weight is 529 g/mol. The van der Waals surface area contributed by atoms with Gasteiger partial charge in [0.1, 0.15) is 17.4 Å². The Morgan fingerprint density at radius 1 is 0.931 bits per heavy atom. The van der Waals surface area contributed by atoms with Gasteiger partial charge in [0, 0.05) is 25.5 Å². The van der Waals surface area contributed by atoms with Crippen molar-refractivity contribution in [1.82, 2.24) is 4.98 Å². The van der Waals surface area contributed by atoms with Gasteiger partial charge in [-0.05, 0) is 30.3 Å². The van der Waals surface area contributed by atoms with Crippen LogP contribution < -0.4 is 4.74 Å². The summed E-state index contributed by atoms with van der Waals surface area (Å²) in [6, 6.07) is 22.7. The molecule has 1 aromatic heterocycles. The quantitative estimate of drug-likeness (QED) is 0.249. The largest absolute Gasteiger partial charge is 0.486 e. The highest BCUT2D eigenvalue weighted by Gasteiger charge is 2.16. The van der Waals surface area contributed by atoms with Crippen LogP contribution in [0, 0.1) is 0 Å². The summed E-state index contributed by atoms with van der Waals surface area (Å²) in [6.45, 7) is 0.303. The molecule has 6 heteroatoms. The van der Waals surface area contributed by atoms with E-state index in [9.17, 15) is 4.79 Å². The van der Waals surface area contributed by atoms with Gasteiger partial charge in [0.15, 0.2) is 5.78 Å². The Kier molecular flexibility index (Phi) is 6.23. The van der Waals surface area contributed by atoms with E-state index >= 15 is 0 Å². The molecule has 0 bridgehead atoms. The number of carbonyl (C=O) groups excluding carboxylic acids is 1. The van der Waals surface area contributed by atoms with Gasteiger partial charge in [-0.25, -0.2) is 4.98 Å². The number of nitrogens with zero attached hydrogens (tertiary/aromatic N) is 1. The summed E-state index contributed by atoms with van der Waals surface area (Å²) in [5, 5.41) is 2.86. The van der Waals surface area contributed by atoms with Gasteiger partial charge < -0.3 is 4.74 Å². The maximum atomic E-state index is 12.9. The molecule has 4 rings (SSSR count). The van der Waals surface area contributed by atoms with Gasteiger partial charge in [-0.15, -0.1) is 11.3 Å². The van der Waals surface area contributed by atoms with Crippen LogP contribution in [-0.2, 0) is 6.61 Å². The third-order valence-corrected chi connectivity index (χ3v) is 6.11. The van der Waals surface area contributed by atoms with Crippen LogP contribution in [0.1, 0.15) is 20.9 Å². The molecule has 0 aliphatic heterocycles. The van der Waals surface area contributed by atoms with Crippen LogP contribution >= 0.6 is 43.2 Å². The zero-order chi connectivity index (χ0) is 20.2. The summed E-state index contributed by atoms with van der Waals surface area (Å²) in [5.74, 6) is 0.471. The van der Waals surface area contributed by atoms with Gasteiger partial charge >= 0.3 is 0 Å². The van der Waals surface area contributed by atoms with E-state index in [1.54, 1.807) is 18.2 Å². The van der Waals surface area contributed by atoms with Crippen LogP contribution in [-0.4, -0.2) is 10.8 Å². The second-order valence-corrected chi connectivity index (χ2v) is 9.03. The monoisotopic (exact) mass is 527 g/mol. The highest BCUT2D eigenvalue weighted by Crippen LogP contribution is 2.28. The highest BCUT2D eigenvalue weighted by molar-refractivity contribution is 9.10. The van der Waals surface area contributed by atoms with Crippen LogP contribution in [0.2, 0.25) is 0 Å². The molecule has 144 valence electrons. The van der Waals surface area contributed by atoms with Crippen molar-refractivity contribution in [2.75, 3.05) is 0 Å². The number of hydrogen-bond donors (Lipinski definition) is 0. The first-order valence-corrected chi connectivity index (χ1v) is 11.3. The zero-order valence-electron chi connectivity index (χ0n) is 15.1. The number of ether oxygens (including phenoxy) is 1. The third-order valence-electron chi connectivity index (χ3n) is 4.27. The Balaban J connectivity index is 1.53. The van der Waals surface area contributed by atoms with Crippen molar-refractivity contribution >= 4 is 49.0 Å². The first-order chi connectivity index (χ1) is 14.1. The normalized spacial score (nSPS) is 10.7. The molecule has 4 aromatic rings. The molecule has 29 heavy (non-hydrogen) atoms. The van der Waals surface area contributed by atoms with Crippen LogP contribution in [0.5, 0.6) is 5.75 Å². The molecule has 0 spiro atoms. The second-order valence-electron chi connectivity index (χ2n) is 6.26. The standard InChI is InChI=1S/C23H15Br2NO2S/c24-17-8-6-15(7-9-17)20-14-29-22(26-20)13-28-21-11-10-18(25)12-19(21)23(27)16-4-2-1-3-5-16/h1-12,14H,13H2. The number of ketones is 1. The average Bonchev–Trinajstić information content (AvgIpc) is 3.22. The molecule has 3 nitrogen and oxygen atoms in total. The van der Waals surface area contributed by atoms with Crippen molar-refractivity contribution in [3.63, 3.8) is 0 Å². The molecule has 0 unspecified atom stereocenters. The fourth-order valence-corrected chi connectivity index (χ4v) is 4.16. The Morgan fingerprint density at radius 2 is 1.66 bits per heavy atom. The van der Waals surface area contributed by atoms with Crippen molar-refractivity contribution < 1.29 is 9.53 Å². The van der Waals surface area contributed by atoms with Crippen LogP contribution in [0.15, 0.2) is 87.1 Å².